The minimum Gasteiger partial charge on any atom is -0.354 e. The molecule has 0 aliphatic carbocycles. The lowest BCUT2D eigenvalue weighted by atomic mass is 9.87. The number of nitrogens with one attached hydrogen (secondary N) is 2. The van der Waals surface area contributed by atoms with E-state index in [-0.39, 0.29) is 12.5 Å². The highest BCUT2D eigenvalue weighted by Crippen LogP contribution is 2.32. The van der Waals surface area contributed by atoms with Gasteiger partial charge in [0.1, 0.15) is 17.9 Å². The zero-order valence-electron chi connectivity index (χ0n) is 16.9. The van der Waals surface area contributed by atoms with Crippen LogP contribution in [0.15, 0.2) is 24.3 Å². The minimum atomic E-state index is -1.27. The first-order valence-electron chi connectivity index (χ1n) is 10.0. The second-order valence-corrected chi connectivity index (χ2v) is 7.31. The maximum absolute atomic E-state index is 13.2. The highest BCUT2D eigenvalue weighted by Gasteiger charge is 2.51. The van der Waals surface area contributed by atoms with Crippen molar-refractivity contribution in [2.24, 2.45) is 5.92 Å². The molecule has 0 spiro atoms. The summed E-state index contributed by atoms with van der Waals surface area (Å²) in [5.41, 5.74) is -0.763. The van der Waals surface area contributed by atoms with Crippen LogP contribution < -0.4 is 10.6 Å². The Morgan fingerprint density at radius 1 is 1.21 bits per heavy atom. The molecule has 7 heteroatoms. The van der Waals surface area contributed by atoms with E-state index in [1.54, 1.807) is 6.92 Å². The van der Waals surface area contributed by atoms with Crippen molar-refractivity contribution < 1.29 is 18.8 Å². The van der Waals surface area contributed by atoms with Crippen LogP contribution >= 0.6 is 0 Å². The molecule has 0 radical (unpaired) electrons. The number of hydrogen-bond donors (Lipinski definition) is 2. The van der Waals surface area contributed by atoms with E-state index < -0.39 is 23.3 Å². The Kier molecular flexibility index (Phi) is 7.54. The van der Waals surface area contributed by atoms with Gasteiger partial charge in [-0.15, -0.1) is 0 Å². The van der Waals surface area contributed by atoms with E-state index in [9.17, 15) is 18.8 Å². The molecule has 1 aliphatic heterocycles. The van der Waals surface area contributed by atoms with Gasteiger partial charge >= 0.3 is 6.03 Å². The third-order valence-corrected chi connectivity index (χ3v) is 5.48. The predicted molar refractivity (Wildman–Crippen MR) is 105 cm³/mol. The van der Waals surface area contributed by atoms with Gasteiger partial charge in [-0.25, -0.2) is 9.18 Å². The number of urea groups is 1. The molecular formula is C21H30FN3O3. The normalized spacial score (nSPS) is 20.2. The smallest absolute Gasteiger partial charge is 0.325 e. The molecule has 6 nitrogen and oxygen atoms in total. The number of unbranched alkanes of at least 4 members (excludes halogenated alkanes) is 1. The monoisotopic (exact) mass is 391 g/mol. The second-order valence-electron chi connectivity index (χ2n) is 7.31. The third kappa shape index (κ3) is 4.69. The molecule has 154 valence electrons. The Morgan fingerprint density at radius 2 is 1.89 bits per heavy atom. The Bertz CT molecular complexity index is 707. The van der Waals surface area contributed by atoms with Crippen molar-refractivity contribution >= 4 is 17.8 Å². The molecule has 2 rings (SSSR count). The first-order valence-corrected chi connectivity index (χ1v) is 10.0. The topological polar surface area (TPSA) is 78.5 Å². The first kappa shape index (κ1) is 21.9. The summed E-state index contributed by atoms with van der Waals surface area (Å²) in [6.45, 7) is 6.20. The molecule has 0 unspecified atom stereocenters. The van der Waals surface area contributed by atoms with Crippen molar-refractivity contribution in [1.82, 2.24) is 15.5 Å². The molecule has 2 N–H and O–H groups in total. The van der Waals surface area contributed by atoms with Crippen LogP contribution in [0.2, 0.25) is 0 Å². The van der Waals surface area contributed by atoms with Gasteiger partial charge < -0.3 is 10.6 Å². The number of imide groups is 1. The van der Waals surface area contributed by atoms with Crippen LogP contribution in [0.4, 0.5) is 9.18 Å². The summed E-state index contributed by atoms with van der Waals surface area (Å²) in [7, 11) is 0. The van der Waals surface area contributed by atoms with Gasteiger partial charge in [-0.3, -0.25) is 14.5 Å². The molecule has 0 aromatic heterocycles. The summed E-state index contributed by atoms with van der Waals surface area (Å²) in [5, 5.41) is 5.54. The predicted octanol–water partition coefficient (Wildman–Crippen LogP) is 3.32. The summed E-state index contributed by atoms with van der Waals surface area (Å²) >= 11 is 0. The number of nitrogens with zero attached hydrogens (tertiary/aromatic N) is 1. The molecule has 1 aromatic carbocycles. The van der Waals surface area contributed by atoms with E-state index in [1.165, 1.54) is 24.3 Å². The zero-order valence-corrected chi connectivity index (χ0v) is 16.9. The summed E-state index contributed by atoms with van der Waals surface area (Å²) < 4.78 is 13.2. The van der Waals surface area contributed by atoms with Crippen molar-refractivity contribution in [2.45, 2.75) is 58.4 Å². The van der Waals surface area contributed by atoms with Gasteiger partial charge in [-0.2, -0.15) is 0 Å². The van der Waals surface area contributed by atoms with E-state index in [0.29, 0.717) is 24.4 Å². The fraction of sp³-hybridized carbons (Fsp3) is 0.571. The van der Waals surface area contributed by atoms with Gasteiger partial charge in [0, 0.05) is 6.54 Å². The summed E-state index contributed by atoms with van der Waals surface area (Å²) in [6, 6.07) is 4.87. The van der Waals surface area contributed by atoms with Gasteiger partial charge in [-0.1, -0.05) is 52.2 Å². The second kappa shape index (κ2) is 9.66. The molecule has 1 heterocycles. The lowest BCUT2D eigenvalue weighted by Gasteiger charge is -2.25. The summed E-state index contributed by atoms with van der Waals surface area (Å²) in [5.74, 6) is -0.873. The molecule has 1 fully saturated rings. The van der Waals surface area contributed by atoms with Crippen LogP contribution in [0.25, 0.3) is 0 Å². The maximum Gasteiger partial charge on any atom is 0.325 e. The van der Waals surface area contributed by atoms with Crippen LogP contribution in [-0.4, -0.2) is 35.8 Å². The average molecular weight is 391 g/mol. The van der Waals surface area contributed by atoms with E-state index in [1.807, 2.05) is 0 Å². The van der Waals surface area contributed by atoms with Gasteiger partial charge in [0.05, 0.1) is 0 Å². The third-order valence-electron chi connectivity index (χ3n) is 5.48. The van der Waals surface area contributed by atoms with E-state index in [2.05, 4.69) is 24.5 Å². The Morgan fingerprint density at radius 3 is 2.46 bits per heavy atom. The minimum absolute atomic E-state index is 0.302. The van der Waals surface area contributed by atoms with E-state index in [0.717, 1.165) is 30.6 Å². The van der Waals surface area contributed by atoms with Crippen LogP contribution in [0.5, 0.6) is 0 Å². The Balaban J connectivity index is 2.04. The summed E-state index contributed by atoms with van der Waals surface area (Å²) in [6.07, 6.45) is 4.52. The largest absolute Gasteiger partial charge is 0.354 e. The van der Waals surface area contributed by atoms with Gasteiger partial charge in [0.25, 0.3) is 5.91 Å². The van der Waals surface area contributed by atoms with Crippen LogP contribution in [-0.2, 0) is 15.1 Å². The van der Waals surface area contributed by atoms with Crippen LogP contribution in [0, 0.1) is 11.7 Å². The quantitative estimate of drug-likeness (QED) is 0.601. The lowest BCUT2D eigenvalue weighted by Crippen LogP contribution is -2.45. The molecule has 2 atom stereocenters. The van der Waals surface area contributed by atoms with Crippen molar-refractivity contribution in [3.63, 3.8) is 0 Å². The zero-order chi connectivity index (χ0) is 20.7. The van der Waals surface area contributed by atoms with Gasteiger partial charge in [0.15, 0.2) is 0 Å². The fourth-order valence-corrected chi connectivity index (χ4v) is 3.54. The van der Waals surface area contributed by atoms with Gasteiger partial charge in [-0.05, 0) is 36.5 Å². The van der Waals surface area contributed by atoms with Crippen LogP contribution in [0.3, 0.4) is 0 Å². The maximum atomic E-state index is 13.2. The standard InChI is InChI=1S/C21H30FN3O3/c1-4-7-8-15(5-2)13-23-18(26)14-25-19(27)21(6-3,24-20(25)28)16-9-11-17(22)12-10-16/h9-12,15H,4-8,13-14H2,1-3H3,(H,23,26)(H,24,28)/t15-,21+/m0/s1. The Labute approximate surface area is 165 Å². The highest BCUT2D eigenvalue weighted by atomic mass is 19.1. The number of rotatable bonds is 10. The molecular weight excluding hydrogens is 361 g/mol. The fourth-order valence-electron chi connectivity index (χ4n) is 3.54. The number of amides is 4. The number of halogens is 1. The number of hydrogen-bond acceptors (Lipinski definition) is 3. The summed E-state index contributed by atoms with van der Waals surface area (Å²) in [4.78, 5) is 38.7. The van der Waals surface area contributed by atoms with Crippen molar-refractivity contribution in [3.05, 3.63) is 35.6 Å². The van der Waals surface area contributed by atoms with Crippen molar-refractivity contribution in [2.75, 3.05) is 13.1 Å². The first-order chi connectivity index (χ1) is 13.4. The average Bonchev–Trinajstić information content (AvgIpc) is 2.93. The molecule has 0 saturated carbocycles. The molecule has 1 aliphatic rings. The van der Waals surface area contributed by atoms with E-state index >= 15 is 0 Å². The van der Waals surface area contributed by atoms with Gasteiger partial charge in [0.2, 0.25) is 5.91 Å². The molecule has 1 aromatic rings. The number of benzene rings is 1. The molecule has 1 saturated heterocycles. The van der Waals surface area contributed by atoms with E-state index in [4.69, 9.17) is 0 Å². The van der Waals surface area contributed by atoms with Crippen molar-refractivity contribution in [1.29, 1.82) is 0 Å². The number of carbonyl (C=O) groups excluding carboxylic acids is 3. The molecule has 4 amide bonds. The van der Waals surface area contributed by atoms with Crippen molar-refractivity contribution in [3.8, 4) is 0 Å². The molecule has 0 bridgehead atoms. The molecule has 28 heavy (non-hydrogen) atoms. The SMILES string of the molecule is CCCC[C@H](CC)CNC(=O)CN1C(=O)N[C@](CC)(c2ccc(F)cc2)C1=O. The highest BCUT2D eigenvalue weighted by molar-refractivity contribution is 6.09. The lowest BCUT2D eigenvalue weighted by molar-refractivity contribution is -0.135. The Hall–Kier alpha value is -2.44. The number of carbonyl (C=O) groups is 3. The van der Waals surface area contributed by atoms with Crippen LogP contribution in [0.1, 0.15) is 58.4 Å².